The summed E-state index contributed by atoms with van der Waals surface area (Å²) in [6.45, 7) is -0.225. The van der Waals surface area contributed by atoms with E-state index < -0.39 is 6.61 Å². The number of nitrogens with zero attached hydrogens (tertiary/aromatic N) is 1. The van der Waals surface area contributed by atoms with Crippen LogP contribution in [0, 0.1) is 0 Å². The highest BCUT2D eigenvalue weighted by Crippen LogP contribution is 2.31. The predicted octanol–water partition coefficient (Wildman–Crippen LogP) is 4.83. The van der Waals surface area contributed by atoms with Crippen molar-refractivity contribution in [2.24, 2.45) is 0 Å². The molecule has 1 heterocycles. The minimum Gasteiger partial charge on any atom is -0.493 e. The van der Waals surface area contributed by atoms with E-state index >= 15 is 0 Å². The average Bonchev–Trinajstić information content (AvgIpc) is 3.13. The summed E-state index contributed by atoms with van der Waals surface area (Å²) < 4.78 is 34.6. The molecule has 3 rings (SSSR count). The Balaban J connectivity index is 1.72. The normalized spacial score (nSPS) is 10.9. The number of alkyl halides is 2. The van der Waals surface area contributed by atoms with Gasteiger partial charge in [-0.15, -0.1) is 0 Å². The number of carbonyl (C=O) groups is 1. The number of aromatic amines is 1. The third kappa shape index (κ3) is 4.51. The molecule has 0 fully saturated rings. The number of methoxy groups -OCH3 is 1. The van der Waals surface area contributed by atoms with E-state index in [0.717, 1.165) is 16.5 Å². The third-order valence-corrected chi connectivity index (χ3v) is 4.29. The molecule has 6 nitrogen and oxygen atoms in total. The predicted molar refractivity (Wildman–Crippen MR) is 103 cm³/mol. The molecule has 2 amide bonds. The summed E-state index contributed by atoms with van der Waals surface area (Å²) in [5.74, 6) is 0.0155. The van der Waals surface area contributed by atoms with Crippen LogP contribution in [-0.4, -0.2) is 36.2 Å². The summed E-state index contributed by atoms with van der Waals surface area (Å²) >= 11 is 0. The zero-order valence-electron chi connectivity index (χ0n) is 15.5. The molecule has 0 radical (unpaired) electrons. The van der Waals surface area contributed by atoms with Crippen LogP contribution in [0.5, 0.6) is 11.5 Å². The van der Waals surface area contributed by atoms with Gasteiger partial charge in [0, 0.05) is 36.6 Å². The summed E-state index contributed by atoms with van der Waals surface area (Å²) in [5.41, 5.74) is 2.35. The first-order valence-corrected chi connectivity index (χ1v) is 8.75. The lowest BCUT2D eigenvalue weighted by Crippen LogP contribution is -2.34. The molecule has 3 aromatic rings. The molecule has 0 spiro atoms. The molecule has 0 aliphatic rings. The molecular weight excluding hydrogens is 368 g/mol. The molecule has 0 saturated heterocycles. The van der Waals surface area contributed by atoms with Crippen LogP contribution in [0.25, 0.3) is 10.9 Å². The SMILES string of the molecule is CCN(Cc1ccc2[nH]ccc2c1)C(=O)Nc1ccc(OC)c(OC(F)F)c1. The number of rotatable bonds is 7. The second kappa shape index (κ2) is 8.60. The maximum atomic E-state index is 12.6. The zero-order chi connectivity index (χ0) is 20.1. The molecule has 28 heavy (non-hydrogen) atoms. The van der Waals surface area contributed by atoms with Crippen molar-refractivity contribution in [3.05, 3.63) is 54.2 Å². The van der Waals surface area contributed by atoms with Gasteiger partial charge in [0.15, 0.2) is 11.5 Å². The van der Waals surface area contributed by atoms with E-state index in [9.17, 15) is 13.6 Å². The fourth-order valence-electron chi connectivity index (χ4n) is 2.89. The number of anilines is 1. The largest absolute Gasteiger partial charge is 0.493 e. The van der Waals surface area contributed by atoms with Crippen LogP contribution >= 0.6 is 0 Å². The number of hydrogen-bond donors (Lipinski definition) is 2. The van der Waals surface area contributed by atoms with Gasteiger partial charge in [-0.2, -0.15) is 8.78 Å². The number of nitrogens with one attached hydrogen (secondary N) is 2. The Bertz CT molecular complexity index is 959. The van der Waals surface area contributed by atoms with E-state index in [4.69, 9.17) is 4.74 Å². The van der Waals surface area contributed by atoms with Crippen LogP contribution in [0.15, 0.2) is 48.7 Å². The maximum Gasteiger partial charge on any atom is 0.387 e. The molecule has 2 N–H and O–H groups in total. The van der Waals surface area contributed by atoms with Crippen LogP contribution in [0.3, 0.4) is 0 Å². The van der Waals surface area contributed by atoms with E-state index in [0.29, 0.717) is 18.8 Å². The fourth-order valence-corrected chi connectivity index (χ4v) is 2.89. The van der Waals surface area contributed by atoms with E-state index in [2.05, 4.69) is 15.0 Å². The number of carbonyl (C=O) groups excluding carboxylic acids is 1. The van der Waals surface area contributed by atoms with Crippen LogP contribution in [0.2, 0.25) is 0 Å². The number of fused-ring (bicyclic) bond motifs is 1. The van der Waals surface area contributed by atoms with Gasteiger partial charge in [-0.3, -0.25) is 0 Å². The Morgan fingerprint density at radius 3 is 2.71 bits per heavy atom. The molecule has 0 aliphatic carbocycles. The van der Waals surface area contributed by atoms with Crippen molar-refractivity contribution in [1.82, 2.24) is 9.88 Å². The van der Waals surface area contributed by atoms with Gasteiger partial charge in [0.25, 0.3) is 0 Å². The number of benzene rings is 2. The van der Waals surface area contributed by atoms with Crippen molar-refractivity contribution in [3.63, 3.8) is 0 Å². The minimum atomic E-state index is -2.99. The molecule has 0 aliphatic heterocycles. The maximum absolute atomic E-state index is 12.6. The number of amides is 2. The van der Waals surface area contributed by atoms with Crippen LogP contribution in [0.4, 0.5) is 19.3 Å². The van der Waals surface area contributed by atoms with Gasteiger partial charge in [-0.25, -0.2) is 4.79 Å². The average molecular weight is 389 g/mol. The number of halogens is 2. The van der Waals surface area contributed by atoms with E-state index in [1.165, 1.54) is 19.2 Å². The van der Waals surface area contributed by atoms with Crippen molar-refractivity contribution < 1.29 is 23.0 Å². The molecular formula is C20H21F2N3O3. The van der Waals surface area contributed by atoms with Crippen LogP contribution in [-0.2, 0) is 6.54 Å². The Labute approximate surface area is 161 Å². The van der Waals surface area contributed by atoms with Crippen molar-refractivity contribution in [2.75, 3.05) is 19.0 Å². The molecule has 0 atom stereocenters. The summed E-state index contributed by atoms with van der Waals surface area (Å²) in [4.78, 5) is 17.4. The van der Waals surface area contributed by atoms with Gasteiger partial charge >= 0.3 is 12.6 Å². The first kappa shape index (κ1) is 19.5. The third-order valence-electron chi connectivity index (χ3n) is 4.29. The quantitative estimate of drug-likeness (QED) is 0.608. The second-order valence-electron chi connectivity index (χ2n) is 6.09. The zero-order valence-corrected chi connectivity index (χ0v) is 15.5. The number of hydrogen-bond acceptors (Lipinski definition) is 3. The lowest BCUT2D eigenvalue weighted by atomic mass is 10.1. The molecule has 1 aromatic heterocycles. The first-order valence-electron chi connectivity index (χ1n) is 8.75. The van der Waals surface area contributed by atoms with Gasteiger partial charge in [-0.1, -0.05) is 6.07 Å². The molecule has 0 unspecified atom stereocenters. The number of H-pyrrole nitrogens is 1. The summed E-state index contributed by atoms with van der Waals surface area (Å²) in [7, 11) is 1.35. The monoisotopic (exact) mass is 389 g/mol. The van der Waals surface area contributed by atoms with Crippen LogP contribution in [0.1, 0.15) is 12.5 Å². The first-order chi connectivity index (χ1) is 13.5. The van der Waals surface area contributed by atoms with Crippen molar-refractivity contribution >= 4 is 22.6 Å². The summed E-state index contributed by atoms with van der Waals surface area (Å²) in [6, 6.07) is 11.9. The van der Waals surface area contributed by atoms with E-state index in [1.54, 1.807) is 11.0 Å². The second-order valence-corrected chi connectivity index (χ2v) is 6.09. The molecule has 148 valence electrons. The lowest BCUT2D eigenvalue weighted by molar-refractivity contribution is -0.0511. The standard InChI is InChI=1S/C20H21F2N3O3/c1-3-25(12-13-4-6-16-14(10-13)8-9-23-16)20(26)24-15-5-7-17(27-2)18(11-15)28-19(21)22/h4-11,19,23H,3,12H2,1-2H3,(H,24,26). The van der Waals surface area contributed by atoms with Gasteiger partial charge < -0.3 is 24.7 Å². The van der Waals surface area contributed by atoms with Crippen LogP contribution < -0.4 is 14.8 Å². The fraction of sp³-hybridized carbons (Fsp3) is 0.250. The molecule has 8 heteroatoms. The highest BCUT2D eigenvalue weighted by Gasteiger charge is 2.16. The lowest BCUT2D eigenvalue weighted by Gasteiger charge is -2.22. The molecule has 2 aromatic carbocycles. The summed E-state index contributed by atoms with van der Waals surface area (Å²) in [6.07, 6.45) is 1.86. The molecule has 0 bridgehead atoms. The summed E-state index contributed by atoms with van der Waals surface area (Å²) in [5, 5.41) is 3.78. The minimum absolute atomic E-state index is 0.142. The van der Waals surface area contributed by atoms with Gasteiger partial charge in [0.2, 0.25) is 0 Å². The Kier molecular flexibility index (Phi) is 5.98. The Morgan fingerprint density at radius 2 is 2.00 bits per heavy atom. The smallest absolute Gasteiger partial charge is 0.387 e. The number of aromatic nitrogens is 1. The molecule has 0 saturated carbocycles. The Morgan fingerprint density at radius 1 is 1.18 bits per heavy atom. The highest BCUT2D eigenvalue weighted by atomic mass is 19.3. The van der Waals surface area contributed by atoms with Gasteiger partial charge in [0.1, 0.15) is 0 Å². The van der Waals surface area contributed by atoms with Crippen molar-refractivity contribution in [2.45, 2.75) is 20.1 Å². The van der Waals surface area contributed by atoms with Gasteiger partial charge in [-0.05, 0) is 48.2 Å². The highest BCUT2D eigenvalue weighted by molar-refractivity contribution is 5.90. The Hall–Kier alpha value is -3.29. The topological polar surface area (TPSA) is 66.6 Å². The van der Waals surface area contributed by atoms with Crippen molar-refractivity contribution in [3.8, 4) is 11.5 Å². The van der Waals surface area contributed by atoms with E-state index in [1.807, 2.05) is 37.4 Å². The number of ether oxygens (including phenoxy) is 2. The number of urea groups is 1. The van der Waals surface area contributed by atoms with E-state index in [-0.39, 0.29) is 17.5 Å². The van der Waals surface area contributed by atoms with Gasteiger partial charge in [0.05, 0.1) is 7.11 Å². The van der Waals surface area contributed by atoms with Crippen molar-refractivity contribution in [1.29, 1.82) is 0 Å².